The quantitative estimate of drug-likeness (QED) is 0.772. The van der Waals surface area contributed by atoms with Crippen molar-refractivity contribution < 1.29 is 17.9 Å². The third-order valence-electron chi connectivity index (χ3n) is 2.94. The average Bonchev–Trinajstić information content (AvgIpc) is 3.18. The van der Waals surface area contributed by atoms with Crippen LogP contribution in [0.3, 0.4) is 0 Å². The number of aromatic nitrogens is 1. The Hall–Kier alpha value is -1.43. The predicted octanol–water partition coefficient (Wildman–Crippen LogP) is 3.10. The van der Waals surface area contributed by atoms with Gasteiger partial charge in [-0.1, -0.05) is 0 Å². The van der Waals surface area contributed by atoms with E-state index in [0.717, 1.165) is 30.8 Å². The highest BCUT2D eigenvalue weighted by molar-refractivity contribution is 5.89. The molecule has 1 saturated carbocycles. The molecule has 0 aromatic carbocycles. The third-order valence-corrected chi connectivity index (χ3v) is 2.94. The van der Waals surface area contributed by atoms with Gasteiger partial charge in [0.15, 0.2) is 0 Å². The number of pyridine rings is 1. The Kier molecular flexibility index (Phi) is 4.19. The van der Waals surface area contributed by atoms with Crippen LogP contribution in [0.25, 0.3) is 0 Å². The molecule has 0 aliphatic heterocycles. The maximum atomic E-state index is 12.4. The minimum atomic E-state index is -4.34. The van der Waals surface area contributed by atoms with Gasteiger partial charge < -0.3 is 4.74 Å². The molecule has 0 atom stereocenters. The maximum Gasteiger partial charge on any atom is 0.417 e. The van der Waals surface area contributed by atoms with Crippen LogP contribution in [-0.2, 0) is 17.5 Å². The van der Waals surface area contributed by atoms with Gasteiger partial charge in [-0.2, -0.15) is 13.2 Å². The fourth-order valence-corrected chi connectivity index (χ4v) is 1.73. The van der Waals surface area contributed by atoms with Crippen molar-refractivity contribution in [2.24, 2.45) is 10.9 Å². The van der Waals surface area contributed by atoms with Gasteiger partial charge in [-0.05, 0) is 30.9 Å². The molecule has 3 nitrogen and oxygen atoms in total. The van der Waals surface area contributed by atoms with Crippen molar-refractivity contribution >= 4 is 5.71 Å². The Balaban J connectivity index is 2.01. The molecule has 0 radical (unpaired) electrons. The maximum absolute atomic E-state index is 12.4. The number of hydrogen-bond acceptors (Lipinski definition) is 3. The van der Waals surface area contributed by atoms with Crippen LogP contribution >= 0.6 is 0 Å². The van der Waals surface area contributed by atoms with E-state index in [1.54, 1.807) is 7.11 Å². The van der Waals surface area contributed by atoms with Crippen molar-refractivity contribution in [1.82, 2.24) is 4.98 Å². The van der Waals surface area contributed by atoms with E-state index in [1.807, 2.05) is 0 Å². The molecule has 19 heavy (non-hydrogen) atoms. The summed E-state index contributed by atoms with van der Waals surface area (Å²) in [6.45, 7) is 0.776. The number of methoxy groups -OCH3 is 1. The summed E-state index contributed by atoms with van der Waals surface area (Å²) in [5.74, 6) is 0.481. The van der Waals surface area contributed by atoms with Gasteiger partial charge >= 0.3 is 6.18 Å². The second-order valence-electron chi connectivity index (χ2n) is 4.55. The van der Waals surface area contributed by atoms with Gasteiger partial charge in [0.1, 0.15) is 0 Å². The molecule has 0 unspecified atom stereocenters. The molecule has 6 heteroatoms. The number of nitrogens with zero attached hydrogens (tertiary/aromatic N) is 2. The number of halogens is 3. The normalized spacial score (nSPS) is 16.7. The van der Waals surface area contributed by atoms with E-state index in [-0.39, 0.29) is 0 Å². The van der Waals surface area contributed by atoms with Crippen LogP contribution in [0.1, 0.15) is 24.1 Å². The van der Waals surface area contributed by atoms with Gasteiger partial charge in [0, 0.05) is 19.0 Å². The first-order valence-corrected chi connectivity index (χ1v) is 6.05. The molecule has 1 aromatic rings. The van der Waals surface area contributed by atoms with Gasteiger partial charge in [0.25, 0.3) is 0 Å². The first kappa shape index (κ1) is 14.0. The van der Waals surface area contributed by atoms with E-state index in [4.69, 9.17) is 4.74 Å². The van der Waals surface area contributed by atoms with Crippen LogP contribution < -0.4 is 0 Å². The zero-order chi connectivity index (χ0) is 13.9. The average molecular weight is 272 g/mol. The van der Waals surface area contributed by atoms with Crippen LogP contribution in [-0.4, -0.2) is 24.4 Å². The molecule has 0 bridgehead atoms. The van der Waals surface area contributed by atoms with Crippen LogP contribution in [0.5, 0.6) is 0 Å². The summed E-state index contributed by atoms with van der Waals surface area (Å²) < 4.78 is 42.1. The van der Waals surface area contributed by atoms with Gasteiger partial charge in [-0.3, -0.25) is 9.98 Å². The highest BCUT2D eigenvalue weighted by Crippen LogP contribution is 2.31. The molecular weight excluding hydrogens is 257 g/mol. The Morgan fingerprint density at radius 2 is 2.16 bits per heavy atom. The molecule has 104 valence electrons. The lowest BCUT2D eigenvalue weighted by atomic mass is 10.2. The number of aliphatic imine (C=N–C) groups is 1. The van der Waals surface area contributed by atoms with Gasteiger partial charge in [-0.25, -0.2) is 0 Å². The summed E-state index contributed by atoms with van der Waals surface area (Å²) in [6.07, 6.45) is -1.27. The zero-order valence-electron chi connectivity index (χ0n) is 10.6. The van der Waals surface area contributed by atoms with Gasteiger partial charge in [-0.15, -0.1) is 0 Å². The van der Waals surface area contributed by atoms with E-state index in [0.29, 0.717) is 24.8 Å². The highest BCUT2D eigenvalue weighted by atomic mass is 19.4. The van der Waals surface area contributed by atoms with E-state index >= 15 is 0 Å². The fraction of sp³-hybridized carbons (Fsp3) is 0.538. The van der Waals surface area contributed by atoms with Crippen molar-refractivity contribution in [3.05, 3.63) is 29.6 Å². The topological polar surface area (TPSA) is 34.5 Å². The summed E-state index contributed by atoms with van der Waals surface area (Å²) >= 11 is 0. The Morgan fingerprint density at radius 1 is 1.42 bits per heavy atom. The molecule has 0 amide bonds. The zero-order valence-corrected chi connectivity index (χ0v) is 10.6. The van der Waals surface area contributed by atoms with Crippen molar-refractivity contribution in [3.8, 4) is 0 Å². The molecule has 1 fully saturated rings. The summed E-state index contributed by atoms with van der Waals surface area (Å²) in [5, 5.41) is 0. The lowest BCUT2D eigenvalue weighted by molar-refractivity contribution is -0.137. The molecule has 2 rings (SSSR count). The summed E-state index contributed by atoms with van der Waals surface area (Å²) in [6, 6.07) is 2.40. The number of ether oxygens (including phenoxy) is 1. The largest absolute Gasteiger partial charge is 0.417 e. The Bertz CT molecular complexity index is 450. The second-order valence-corrected chi connectivity index (χ2v) is 4.55. The van der Waals surface area contributed by atoms with Gasteiger partial charge in [0.05, 0.1) is 24.4 Å². The van der Waals surface area contributed by atoms with Crippen LogP contribution in [0, 0.1) is 5.92 Å². The monoisotopic (exact) mass is 272 g/mol. The molecule has 1 heterocycles. The SMILES string of the molecule is COCC(=NCc1ccc(C(F)(F)F)cn1)C1CC1. The first-order valence-electron chi connectivity index (χ1n) is 6.05. The number of hydrogen-bond donors (Lipinski definition) is 0. The van der Waals surface area contributed by atoms with Crippen molar-refractivity contribution in [1.29, 1.82) is 0 Å². The van der Waals surface area contributed by atoms with Crippen LogP contribution in [0.4, 0.5) is 13.2 Å². The van der Waals surface area contributed by atoms with Crippen molar-refractivity contribution in [2.75, 3.05) is 13.7 Å². The number of alkyl halides is 3. The molecular formula is C13H15F3N2O. The minimum Gasteiger partial charge on any atom is -0.379 e. The van der Waals surface area contributed by atoms with E-state index in [9.17, 15) is 13.2 Å². The third kappa shape index (κ3) is 4.02. The Labute approximate surface area is 109 Å². The highest BCUT2D eigenvalue weighted by Gasteiger charge is 2.30. The molecule has 1 aliphatic rings. The smallest absolute Gasteiger partial charge is 0.379 e. The minimum absolute atomic E-state index is 0.299. The van der Waals surface area contributed by atoms with E-state index < -0.39 is 11.7 Å². The predicted molar refractivity (Wildman–Crippen MR) is 65.0 cm³/mol. The molecule has 1 aromatic heterocycles. The van der Waals surface area contributed by atoms with Crippen LogP contribution in [0.2, 0.25) is 0 Å². The lowest BCUT2D eigenvalue weighted by Crippen LogP contribution is -2.10. The standard InChI is InChI=1S/C13H15F3N2O/c1-19-8-12(9-2-3-9)18-7-11-5-4-10(6-17-11)13(14,15)16/h4-6,9H,2-3,7-8H2,1H3. The van der Waals surface area contributed by atoms with Gasteiger partial charge in [0.2, 0.25) is 0 Å². The first-order chi connectivity index (χ1) is 9.00. The number of rotatable bonds is 5. The fourth-order valence-electron chi connectivity index (χ4n) is 1.73. The Morgan fingerprint density at radius 3 is 2.63 bits per heavy atom. The summed E-state index contributed by atoms with van der Waals surface area (Å²) in [5.41, 5.74) is 0.769. The van der Waals surface area contributed by atoms with E-state index in [1.165, 1.54) is 6.07 Å². The molecule has 0 N–H and O–H groups in total. The summed E-state index contributed by atoms with van der Waals surface area (Å²) in [7, 11) is 1.61. The molecule has 0 spiro atoms. The molecule has 1 aliphatic carbocycles. The van der Waals surface area contributed by atoms with Crippen molar-refractivity contribution in [2.45, 2.75) is 25.6 Å². The van der Waals surface area contributed by atoms with E-state index in [2.05, 4.69) is 9.98 Å². The van der Waals surface area contributed by atoms with Crippen molar-refractivity contribution in [3.63, 3.8) is 0 Å². The van der Waals surface area contributed by atoms with Crippen LogP contribution in [0.15, 0.2) is 23.3 Å². The summed E-state index contributed by atoms with van der Waals surface area (Å²) in [4.78, 5) is 8.17. The molecule has 0 saturated heterocycles. The lowest BCUT2D eigenvalue weighted by Gasteiger charge is -2.07. The second kappa shape index (κ2) is 5.69.